The van der Waals surface area contributed by atoms with Crippen molar-refractivity contribution in [2.45, 2.75) is 19.0 Å². The lowest BCUT2D eigenvalue weighted by Gasteiger charge is -2.26. The van der Waals surface area contributed by atoms with Gasteiger partial charge in [0.15, 0.2) is 0 Å². The van der Waals surface area contributed by atoms with E-state index in [2.05, 4.69) is 42.6 Å². The molecule has 2 nitrogen and oxygen atoms in total. The first-order valence-corrected chi connectivity index (χ1v) is 4.22. The Hall–Kier alpha value is -0.890. The van der Waals surface area contributed by atoms with Gasteiger partial charge in [0.25, 0.3) is 0 Å². The van der Waals surface area contributed by atoms with Crippen LogP contribution in [-0.4, -0.2) is 30.4 Å². The SMILES string of the molecule is C=CCC=CC1(C)N=CCN1C. The molecular weight excluding hydrogens is 148 g/mol. The van der Waals surface area contributed by atoms with Crippen molar-refractivity contribution in [3.63, 3.8) is 0 Å². The number of hydrogen-bond acceptors (Lipinski definition) is 2. The van der Waals surface area contributed by atoms with Crippen LogP contribution in [0.1, 0.15) is 13.3 Å². The van der Waals surface area contributed by atoms with E-state index >= 15 is 0 Å². The molecule has 1 aliphatic heterocycles. The Bertz CT molecular complexity index is 218. The molecule has 0 spiro atoms. The van der Waals surface area contributed by atoms with E-state index in [-0.39, 0.29) is 5.66 Å². The van der Waals surface area contributed by atoms with Gasteiger partial charge in [-0.2, -0.15) is 0 Å². The summed E-state index contributed by atoms with van der Waals surface area (Å²) in [6, 6.07) is 0. The molecule has 0 aromatic carbocycles. The molecule has 0 aromatic rings. The summed E-state index contributed by atoms with van der Waals surface area (Å²) in [6.45, 7) is 6.71. The van der Waals surface area contributed by atoms with E-state index in [1.54, 1.807) is 0 Å². The van der Waals surface area contributed by atoms with Gasteiger partial charge in [-0.25, -0.2) is 0 Å². The quantitative estimate of drug-likeness (QED) is 0.581. The van der Waals surface area contributed by atoms with Gasteiger partial charge >= 0.3 is 0 Å². The lowest BCUT2D eigenvalue weighted by Crippen LogP contribution is -2.36. The highest BCUT2D eigenvalue weighted by molar-refractivity contribution is 5.63. The molecule has 0 saturated carbocycles. The van der Waals surface area contributed by atoms with E-state index in [9.17, 15) is 0 Å². The molecule has 2 heteroatoms. The number of nitrogens with zero attached hydrogens (tertiary/aromatic N) is 2. The van der Waals surface area contributed by atoms with Crippen LogP contribution in [0.4, 0.5) is 0 Å². The number of allylic oxidation sites excluding steroid dienone is 2. The smallest absolute Gasteiger partial charge is 0.128 e. The molecular formula is C10H16N2. The average molecular weight is 164 g/mol. The first-order chi connectivity index (χ1) is 5.69. The summed E-state index contributed by atoms with van der Waals surface area (Å²) < 4.78 is 0. The van der Waals surface area contributed by atoms with E-state index in [0.717, 1.165) is 13.0 Å². The van der Waals surface area contributed by atoms with Crippen LogP contribution in [-0.2, 0) is 0 Å². The van der Waals surface area contributed by atoms with Gasteiger partial charge < -0.3 is 0 Å². The van der Waals surface area contributed by atoms with E-state index < -0.39 is 0 Å². The lowest BCUT2D eigenvalue weighted by molar-refractivity contribution is 0.246. The molecule has 1 unspecified atom stereocenters. The molecule has 1 rings (SSSR count). The summed E-state index contributed by atoms with van der Waals surface area (Å²) in [6.07, 6.45) is 8.99. The Morgan fingerprint density at radius 1 is 1.75 bits per heavy atom. The standard InChI is InChI=1S/C10H16N2/c1-4-5-6-7-10(2)11-8-9-12(10)3/h4,6-8H,1,5,9H2,2-3H3. The molecule has 0 aliphatic carbocycles. The average Bonchev–Trinajstić information content (AvgIpc) is 2.34. The van der Waals surface area contributed by atoms with Gasteiger partial charge in [-0.3, -0.25) is 9.89 Å². The Labute approximate surface area is 74.3 Å². The Balaban J connectivity index is 2.59. The van der Waals surface area contributed by atoms with E-state index in [0.29, 0.717) is 0 Å². The number of rotatable bonds is 3. The van der Waals surface area contributed by atoms with Gasteiger partial charge in [0.2, 0.25) is 0 Å². The van der Waals surface area contributed by atoms with Crippen molar-refractivity contribution in [2.75, 3.05) is 13.6 Å². The fourth-order valence-corrected chi connectivity index (χ4v) is 1.19. The van der Waals surface area contributed by atoms with Crippen LogP contribution in [0.5, 0.6) is 0 Å². The second-order valence-corrected chi connectivity index (χ2v) is 3.21. The maximum absolute atomic E-state index is 4.40. The van der Waals surface area contributed by atoms with Crippen LogP contribution < -0.4 is 0 Å². The van der Waals surface area contributed by atoms with Crippen LogP contribution in [0.15, 0.2) is 29.8 Å². The first-order valence-electron chi connectivity index (χ1n) is 4.22. The Morgan fingerprint density at radius 3 is 3.00 bits per heavy atom. The summed E-state index contributed by atoms with van der Waals surface area (Å²) in [5.41, 5.74) is -0.122. The molecule has 0 aromatic heterocycles. The summed E-state index contributed by atoms with van der Waals surface area (Å²) in [5, 5.41) is 0. The van der Waals surface area contributed by atoms with Gasteiger partial charge in [-0.05, 0) is 26.5 Å². The molecule has 0 fully saturated rings. The van der Waals surface area contributed by atoms with Gasteiger partial charge in [0.1, 0.15) is 5.66 Å². The third-order valence-electron chi connectivity index (χ3n) is 2.22. The van der Waals surface area contributed by atoms with E-state index in [1.165, 1.54) is 0 Å². The summed E-state index contributed by atoms with van der Waals surface area (Å²) in [7, 11) is 2.07. The Morgan fingerprint density at radius 2 is 2.50 bits per heavy atom. The fourth-order valence-electron chi connectivity index (χ4n) is 1.19. The van der Waals surface area contributed by atoms with Gasteiger partial charge in [0, 0.05) is 12.8 Å². The van der Waals surface area contributed by atoms with Crippen LogP contribution in [0.2, 0.25) is 0 Å². The largest absolute Gasteiger partial charge is 0.274 e. The van der Waals surface area contributed by atoms with Crippen molar-refractivity contribution in [3.05, 3.63) is 24.8 Å². The highest BCUT2D eigenvalue weighted by Gasteiger charge is 2.27. The van der Waals surface area contributed by atoms with Crippen molar-refractivity contribution >= 4 is 6.21 Å². The normalized spacial score (nSPS) is 30.2. The molecule has 1 aliphatic rings. The third-order valence-corrected chi connectivity index (χ3v) is 2.22. The zero-order chi connectivity index (χ0) is 9.03. The predicted molar refractivity (Wildman–Crippen MR) is 53.5 cm³/mol. The second-order valence-electron chi connectivity index (χ2n) is 3.21. The maximum Gasteiger partial charge on any atom is 0.128 e. The van der Waals surface area contributed by atoms with E-state index in [1.807, 2.05) is 12.3 Å². The topological polar surface area (TPSA) is 15.6 Å². The van der Waals surface area contributed by atoms with Gasteiger partial charge in [-0.1, -0.05) is 12.2 Å². The minimum absolute atomic E-state index is 0.122. The molecule has 1 heterocycles. The van der Waals surface area contributed by atoms with Crippen molar-refractivity contribution in [1.29, 1.82) is 0 Å². The third kappa shape index (κ3) is 1.83. The molecule has 0 radical (unpaired) electrons. The zero-order valence-electron chi connectivity index (χ0n) is 7.83. The van der Waals surface area contributed by atoms with Crippen LogP contribution in [0.25, 0.3) is 0 Å². The molecule has 0 N–H and O–H groups in total. The van der Waals surface area contributed by atoms with Crippen molar-refractivity contribution in [1.82, 2.24) is 4.90 Å². The number of likely N-dealkylation sites (N-methyl/N-ethyl adjacent to an activating group) is 1. The fraction of sp³-hybridized carbons (Fsp3) is 0.500. The Kier molecular flexibility index (Phi) is 2.82. The second kappa shape index (κ2) is 3.68. The molecule has 66 valence electrons. The summed E-state index contributed by atoms with van der Waals surface area (Å²) in [5.74, 6) is 0. The highest BCUT2D eigenvalue weighted by atomic mass is 15.3. The van der Waals surface area contributed by atoms with Crippen LogP contribution >= 0.6 is 0 Å². The van der Waals surface area contributed by atoms with E-state index in [4.69, 9.17) is 0 Å². The van der Waals surface area contributed by atoms with Gasteiger partial charge in [-0.15, -0.1) is 6.58 Å². The highest BCUT2D eigenvalue weighted by Crippen LogP contribution is 2.20. The predicted octanol–water partition coefficient (Wildman–Crippen LogP) is 1.85. The lowest BCUT2D eigenvalue weighted by atomic mass is 10.1. The first kappa shape index (κ1) is 9.20. The van der Waals surface area contributed by atoms with Gasteiger partial charge in [0.05, 0.1) is 0 Å². The molecule has 12 heavy (non-hydrogen) atoms. The zero-order valence-corrected chi connectivity index (χ0v) is 7.83. The van der Waals surface area contributed by atoms with Crippen LogP contribution in [0, 0.1) is 0 Å². The van der Waals surface area contributed by atoms with Crippen molar-refractivity contribution in [3.8, 4) is 0 Å². The minimum atomic E-state index is -0.122. The number of aliphatic imine (C=N–C) groups is 1. The number of hydrogen-bond donors (Lipinski definition) is 0. The van der Waals surface area contributed by atoms with Crippen LogP contribution in [0.3, 0.4) is 0 Å². The summed E-state index contributed by atoms with van der Waals surface area (Å²) >= 11 is 0. The minimum Gasteiger partial charge on any atom is -0.274 e. The maximum atomic E-state index is 4.40. The molecule has 1 atom stereocenters. The van der Waals surface area contributed by atoms with Crippen molar-refractivity contribution in [2.24, 2.45) is 4.99 Å². The summed E-state index contributed by atoms with van der Waals surface area (Å²) in [4.78, 5) is 6.60. The monoisotopic (exact) mass is 164 g/mol. The molecule has 0 saturated heterocycles. The molecule has 0 amide bonds. The molecule has 0 bridgehead atoms. The van der Waals surface area contributed by atoms with Crippen molar-refractivity contribution < 1.29 is 0 Å².